The van der Waals surface area contributed by atoms with Crippen LogP contribution in [0.5, 0.6) is 5.75 Å². The van der Waals surface area contributed by atoms with Gasteiger partial charge in [-0.05, 0) is 49.6 Å². The Labute approximate surface area is 119 Å². The first-order valence-electron chi connectivity index (χ1n) is 6.57. The van der Waals surface area contributed by atoms with Gasteiger partial charge in [-0.1, -0.05) is 25.4 Å². The van der Waals surface area contributed by atoms with Crippen LogP contribution >= 0.6 is 11.6 Å². The first-order valence-corrected chi connectivity index (χ1v) is 6.95. The Hall–Kier alpha value is -1.48. The molecule has 2 rings (SSSR count). The number of halogens is 1. The van der Waals surface area contributed by atoms with E-state index in [0.29, 0.717) is 17.7 Å². The van der Waals surface area contributed by atoms with Crippen LogP contribution in [-0.2, 0) is 6.42 Å². The van der Waals surface area contributed by atoms with Crippen molar-refractivity contribution in [2.45, 2.75) is 27.2 Å². The van der Waals surface area contributed by atoms with Gasteiger partial charge in [-0.2, -0.15) is 5.10 Å². The van der Waals surface area contributed by atoms with Crippen molar-refractivity contribution >= 4 is 11.6 Å². The summed E-state index contributed by atoms with van der Waals surface area (Å²) < 4.78 is 7.18. The molecule has 0 saturated heterocycles. The van der Waals surface area contributed by atoms with E-state index in [1.54, 1.807) is 4.68 Å². The molecule has 102 valence electrons. The number of hydrogen-bond donors (Lipinski definition) is 0. The highest BCUT2D eigenvalue weighted by molar-refractivity contribution is 6.29. The van der Waals surface area contributed by atoms with Gasteiger partial charge in [0.1, 0.15) is 10.9 Å². The molecule has 1 heterocycles. The minimum Gasteiger partial charge on any atom is -0.494 e. The van der Waals surface area contributed by atoms with Crippen molar-refractivity contribution in [3.05, 3.63) is 41.2 Å². The summed E-state index contributed by atoms with van der Waals surface area (Å²) in [5.41, 5.74) is 1.97. The molecule has 2 aromatic rings. The third-order valence-corrected chi connectivity index (χ3v) is 3.00. The van der Waals surface area contributed by atoms with Gasteiger partial charge in [-0.3, -0.25) is 0 Å². The second-order valence-corrected chi connectivity index (χ2v) is 5.28. The number of benzene rings is 1. The predicted molar refractivity (Wildman–Crippen MR) is 78.3 cm³/mol. The lowest BCUT2D eigenvalue weighted by Gasteiger charge is -2.06. The lowest BCUT2D eigenvalue weighted by molar-refractivity contribution is 0.340. The van der Waals surface area contributed by atoms with E-state index in [1.807, 2.05) is 37.3 Å². The zero-order valence-electron chi connectivity index (χ0n) is 11.6. The number of aromatic nitrogens is 2. The fourth-order valence-corrected chi connectivity index (χ4v) is 2.21. The summed E-state index contributed by atoms with van der Waals surface area (Å²) in [4.78, 5) is 0. The molecule has 0 bridgehead atoms. The van der Waals surface area contributed by atoms with Gasteiger partial charge in [0.25, 0.3) is 0 Å². The van der Waals surface area contributed by atoms with E-state index < -0.39 is 0 Å². The van der Waals surface area contributed by atoms with Crippen molar-refractivity contribution in [1.29, 1.82) is 0 Å². The van der Waals surface area contributed by atoms with Crippen LogP contribution in [0.2, 0.25) is 5.15 Å². The van der Waals surface area contributed by atoms with Crippen molar-refractivity contribution in [3.8, 4) is 11.4 Å². The minimum atomic E-state index is 0.569. The second kappa shape index (κ2) is 6.11. The van der Waals surface area contributed by atoms with E-state index in [9.17, 15) is 0 Å². The molecule has 4 heteroatoms. The molecule has 1 aromatic carbocycles. The second-order valence-electron chi connectivity index (χ2n) is 4.90. The maximum absolute atomic E-state index is 6.23. The Balaban J connectivity index is 2.23. The average Bonchev–Trinajstić information content (AvgIpc) is 2.71. The van der Waals surface area contributed by atoms with E-state index in [4.69, 9.17) is 16.3 Å². The fourth-order valence-electron chi connectivity index (χ4n) is 1.95. The average molecular weight is 279 g/mol. The minimum absolute atomic E-state index is 0.569. The van der Waals surface area contributed by atoms with Gasteiger partial charge < -0.3 is 4.74 Å². The molecular weight excluding hydrogens is 260 g/mol. The fraction of sp³-hybridized carbons (Fsp3) is 0.400. The highest BCUT2D eigenvalue weighted by atomic mass is 35.5. The molecule has 0 aliphatic carbocycles. The Morgan fingerprint density at radius 3 is 2.53 bits per heavy atom. The van der Waals surface area contributed by atoms with Crippen LogP contribution < -0.4 is 4.74 Å². The van der Waals surface area contributed by atoms with E-state index >= 15 is 0 Å². The molecule has 0 aliphatic heterocycles. The first kappa shape index (κ1) is 13.9. The highest BCUT2D eigenvalue weighted by Gasteiger charge is 2.09. The lowest BCUT2D eigenvalue weighted by atomic mass is 10.1. The summed E-state index contributed by atoms with van der Waals surface area (Å²) >= 11 is 6.23. The molecule has 0 aliphatic rings. The SMILES string of the molecule is CCOc1ccc(-n2nc(CC(C)C)cc2Cl)cc1. The molecule has 0 saturated carbocycles. The Morgan fingerprint density at radius 1 is 1.26 bits per heavy atom. The van der Waals surface area contributed by atoms with Gasteiger partial charge in [0, 0.05) is 0 Å². The summed E-state index contributed by atoms with van der Waals surface area (Å²) in [5, 5.41) is 5.18. The summed E-state index contributed by atoms with van der Waals surface area (Å²) in [7, 11) is 0. The zero-order valence-corrected chi connectivity index (χ0v) is 12.3. The summed E-state index contributed by atoms with van der Waals surface area (Å²) in [6.45, 7) is 6.98. The maximum Gasteiger partial charge on any atom is 0.133 e. The summed E-state index contributed by atoms with van der Waals surface area (Å²) in [6.07, 6.45) is 0.934. The van der Waals surface area contributed by atoms with Crippen molar-refractivity contribution in [2.24, 2.45) is 5.92 Å². The molecule has 19 heavy (non-hydrogen) atoms. The smallest absolute Gasteiger partial charge is 0.133 e. The van der Waals surface area contributed by atoms with Crippen molar-refractivity contribution < 1.29 is 4.74 Å². The first-order chi connectivity index (χ1) is 9.10. The van der Waals surface area contributed by atoms with Crippen LogP contribution in [0, 0.1) is 5.92 Å². The Kier molecular flexibility index (Phi) is 4.48. The Morgan fingerprint density at radius 2 is 1.95 bits per heavy atom. The van der Waals surface area contributed by atoms with Crippen molar-refractivity contribution in [3.63, 3.8) is 0 Å². The molecular formula is C15H19ClN2O. The van der Waals surface area contributed by atoms with Gasteiger partial charge >= 0.3 is 0 Å². The number of ether oxygens (including phenoxy) is 1. The van der Waals surface area contributed by atoms with E-state index in [1.165, 1.54) is 0 Å². The van der Waals surface area contributed by atoms with Crippen molar-refractivity contribution in [2.75, 3.05) is 6.61 Å². The topological polar surface area (TPSA) is 27.1 Å². The van der Waals surface area contributed by atoms with Crippen LogP contribution in [0.3, 0.4) is 0 Å². The van der Waals surface area contributed by atoms with Gasteiger partial charge in [-0.25, -0.2) is 4.68 Å². The van der Waals surface area contributed by atoms with Crippen LogP contribution in [0.1, 0.15) is 26.5 Å². The number of rotatable bonds is 5. The van der Waals surface area contributed by atoms with E-state index in [0.717, 1.165) is 23.6 Å². The standard InChI is InChI=1S/C15H19ClN2O/c1-4-19-14-7-5-13(6-8-14)18-15(16)10-12(17-18)9-11(2)3/h5-8,10-11H,4,9H2,1-3H3. The van der Waals surface area contributed by atoms with Crippen LogP contribution in [0.15, 0.2) is 30.3 Å². The molecule has 0 fully saturated rings. The van der Waals surface area contributed by atoms with Gasteiger partial charge in [-0.15, -0.1) is 0 Å². The molecule has 3 nitrogen and oxygen atoms in total. The molecule has 0 unspecified atom stereocenters. The normalized spacial score (nSPS) is 11.0. The monoisotopic (exact) mass is 278 g/mol. The van der Waals surface area contributed by atoms with Gasteiger partial charge in [0.2, 0.25) is 0 Å². The van der Waals surface area contributed by atoms with Crippen LogP contribution in [-0.4, -0.2) is 16.4 Å². The van der Waals surface area contributed by atoms with E-state index in [-0.39, 0.29) is 0 Å². The molecule has 1 aromatic heterocycles. The van der Waals surface area contributed by atoms with Crippen LogP contribution in [0.4, 0.5) is 0 Å². The third-order valence-electron chi connectivity index (χ3n) is 2.73. The zero-order chi connectivity index (χ0) is 13.8. The maximum atomic E-state index is 6.23. The lowest BCUT2D eigenvalue weighted by Crippen LogP contribution is -2.00. The number of hydrogen-bond acceptors (Lipinski definition) is 2. The molecule has 0 radical (unpaired) electrons. The number of nitrogens with zero attached hydrogens (tertiary/aromatic N) is 2. The molecule has 0 N–H and O–H groups in total. The Bertz CT molecular complexity index is 532. The molecule has 0 atom stereocenters. The molecule has 0 amide bonds. The highest BCUT2D eigenvalue weighted by Crippen LogP contribution is 2.21. The summed E-state index contributed by atoms with van der Waals surface area (Å²) in [6, 6.07) is 9.71. The van der Waals surface area contributed by atoms with Gasteiger partial charge in [0.15, 0.2) is 0 Å². The molecule has 0 spiro atoms. The van der Waals surface area contributed by atoms with E-state index in [2.05, 4.69) is 18.9 Å². The van der Waals surface area contributed by atoms with Crippen LogP contribution in [0.25, 0.3) is 5.69 Å². The quantitative estimate of drug-likeness (QED) is 0.822. The largest absolute Gasteiger partial charge is 0.494 e. The van der Waals surface area contributed by atoms with Crippen molar-refractivity contribution in [1.82, 2.24) is 9.78 Å². The predicted octanol–water partition coefficient (Wildman–Crippen LogP) is 4.12. The summed E-state index contributed by atoms with van der Waals surface area (Å²) in [5.74, 6) is 1.43. The third kappa shape index (κ3) is 3.51. The van der Waals surface area contributed by atoms with Gasteiger partial charge in [0.05, 0.1) is 18.0 Å².